The van der Waals surface area contributed by atoms with Crippen molar-refractivity contribution < 1.29 is 14.7 Å². The number of benzene rings is 1. The van der Waals surface area contributed by atoms with Gasteiger partial charge in [0.2, 0.25) is 0 Å². The molecule has 1 heterocycles. The normalized spacial score (nSPS) is 10.1. The van der Waals surface area contributed by atoms with E-state index in [9.17, 15) is 9.59 Å². The van der Waals surface area contributed by atoms with Gasteiger partial charge in [-0.2, -0.15) is 5.10 Å². The molecule has 0 saturated carbocycles. The highest BCUT2D eigenvalue weighted by Gasteiger charge is 2.12. The van der Waals surface area contributed by atoms with Crippen LogP contribution in [0.4, 0.5) is 0 Å². The summed E-state index contributed by atoms with van der Waals surface area (Å²) in [5.74, 6) is -1.67. The standard InChI is InChI=1S/C11H9N3O3/c12-10(15)7-5-13-14(6-7)9-4-2-1-3-8(9)11(16)17/h1-6H,(H2,12,15)(H,16,17). The van der Waals surface area contributed by atoms with Crippen LogP contribution in [0.15, 0.2) is 36.7 Å². The summed E-state index contributed by atoms with van der Waals surface area (Å²) >= 11 is 0. The zero-order valence-electron chi connectivity index (χ0n) is 8.70. The van der Waals surface area contributed by atoms with Gasteiger partial charge in [-0.1, -0.05) is 12.1 Å². The third-order valence-corrected chi connectivity index (χ3v) is 2.25. The van der Waals surface area contributed by atoms with Gasteiger partial charge >= 0.3 is 5.97 Å². The van der Waals surface area contributed by atoms with Gasteiger partial charge < -0.3 is 10.8 Å². The zero-order chi connectivity index (χ0) is 12.4. The first-order valence-corrected chi connectivity index (χ1v) is 4.77. The van der Waals surface area contributed by atoms with Crippen molar-refractivity contribution in [1.29, 1.82) is 0 Å². The third kappa shape index (κ3) is 2.00. The number of para-hydroxylation sites is 1. The number of carbonyl (C=O) groups is 2. The summed E-state index contributed by atoms with van der Waals surface area (Å²) in [6.07, 6.45) is 2.69. The Morgan fingerprint density at radius 3 is 2.59 bits per heavy atom. The largest absolute Gasteiger partial charge is 0.478 e. The number of hydrogen-bond acceptors (Lipinski definition) is 3. The second-order valence-corrected chi connectivity index (χ2v) is 3.36. The smallest absolute Gasteiger partial charge is 0.337 e. The summed E-state index contributed by atoms with van der Waals surface area (Å²) in [6.45, 7) is 0. The van der Waals surface area contributed by atoms with Gasteiger partial charge in [0.05, 0.1) is 23.0 Å². The molecule has 0 spiro atoms. The van der Waals surface area contributed by atoms with Crippen LogP contribution in [0.5, 0.6) is 0 Å². The number of nitrogens with two attached hydrogens (primary N) is 1. The molecule has 2 aromatic rings. The molecule has 3 N–H and O–H groups in total. The third-order valence-electron chi connectivity index (χ3n) is 2.25. The Morgan fingerprint density at radius 2 is 2.00 bits per heavy atom. The Hall–Kier alpha value is -2.63. The monoisotopic (exact) mass is 231 g/mol. The van der Waals surface area contributed by atoms with Crippen LogP contribution in [0.3, 0.4) is 0 Å². The molecule has 86 valence electrons. The molecule has 6 nitrogen and oxygen atoms in total. The number of carboxylic acids is 1. The van der Waals surface area contributed by atoms with E-state index in [0.29, 0.717) is 5.69 Å². The number of carbonyl (C=O) groups excluding carboxylic acids is 1. The topological polar surface area (TPSA) is 98.2 Å². The van der Waals surface area contributed by atoms with E-state index >= 15 is 0 Å². The van der Waals surface area contributed by atoms with E-state index in [1.165, 1.54) is 23.1 Å². The van der Waals surface area contributed by atoms with Crippen LogP contribution < -0.4 is 5.73 Å². The maximum Gasteiger partial charge on any atom is 0.337 e. The maximum absolute atomic E-state index is 11.0. The Morgan fingerprint density at radius 1 is 1.29 bits per heavy atom. The molecular weight excluding hydrogens is 222 g/mol. The Bertz CT molecular complexity index is 589. The molecule has 0 bridgehead atoms. The van der Waals surface area contributed by atoms with Crippen molar-refractivity contribution in [3.05, 3.63) is 47.8 Å². The summed E-state index contributed by atoms with van der Waals surface area (Å²) < 4.78 is 1.31. The van der Waals surface area contributed by atoms with Crippen molar-refractivity contribution in [3.63, 3.8) is 0 Å². The number of nitrogens with zero attached hydrogens (tertiary/aromatic N) is 2. The SMILES string of the molecule is NC(=O)c1cnn(-c2ccccc2C(=O)O)c1. The molecule has 6 heteroatoms. The van der Waals surface area contributed by atoms with Gasteiger partial charge in [-0.15, -0.1) is 0 Å². The lowest BCUT2D eigenvalue weighted by Gasteiger charge is -2.04. The summed E-state index contributed by atoms with van der Waals surface area (Å²) in [6, 6.07) is 6.36. The van der Waals surface area contributed by atoms with Crippen LogP contribution in [-0.2, 0) is 0 Å². The second kappa shape index (κ2) is 4.09. The van der Waals surface area contributed by atoms with Crippen LogP contribution in [0.25, 0.3) is 5.69 Å². The average molecular weight is 231 g/mol. The molecule has 17 heavy (non-hydrogen) atoms. The van der Waals surface area contributed by atoms with E-state index in [-0.39, 0.29) is 11.1 Å². The minimum atomic E-state index is -1.06. The Balaban J connectivity index is 2.52. The van der Waals surface area contributed by atoms with E-state index in [0.717, 1.165) is 0 Å². The molecule has 1 aromatic carbocycles. The number of amides is 1. The molecule has 1 aromatic heterocycles. The van der Waals surface area contributed by atoms with E-state index in [1.807, 2.05) is 0 Å². The number of hydrogen-bond donors (Lipinski definition) is 2. The highest BCUT2D eigenvalue weighted by Crippen LogP contribution is 2.14. The lowest BCUT2D eigenvalue weighted by atomic mass is 10.2. The Labute approximate surface area is 96.3 Å². The van der Waals surface area contributed by atoms with Crippen molar-refractivity contribution in [2.24, 2.45) is 5.73 Å². The molecule has 0 atom stereocenters. The average Bonchev–Trinajstić information content (AvgIpc) is 2.78. The van der Waals surface area contributed by atoms with Gasteiger partial charge in [0.1, 0.15) is 0 Å². The van der Waals surface area contributed by atoms with Gasteiger partial charge in [0.25, 0.3) is 5.91 Å². The van der Waals surface area contributed by atoms with E-state index in [4.69, 9.17) is 10.8 Å². The first-order valence-electron chi connectivity index (χ1n) is 4.77. The fourth-order valence-electron chi connectivity index (χ4n) is 1.44. The molecule has 1 amide bonds. The minimum absolute atomic E-state index is 0.103. The van der Waals surface area contributed by atoms with Gasteiger partial charge in [0.15, 0.2) is 0 Å². The Kier molecular flexibility index (Phi) is 2.61. The van der Waals surface area contributed by atoms with Crippen LogP contribution in [0.2, 0.25) is 0 Å². The highest BCUT2D eigenvalue weighted by atomic mass is 16.4. The van der Waals surface area contributed by atoms with E-state index in [1.54, 1.807) is 18.2 Å². The summed E-state index contributed by atoms with van der Waals surface area (Å²) in [4.78, 5) is 21.9. The first-order chi connectivity index (χ1) is 8.09. The summed E-state index contributed by atoms with van der Waals surface area (Å²) in [5.41, 5.74) is 5.81. The molecule has 0 aliphatic carbocycles. The lowest BCUT2D eigenvalue weighted by molar-refractivity contribution is 0.0696. The van der Waals surface area contributed by atoms with Gasteiger partial charge in [0, 0.05) is 6.20 Å². The van der Waals surface area contributed by atoms with Crippen molar-refractivity contribution >= 4 is 11.9 Å². The molecular formula is C11H9N3O3. The lowest BCUT2D eigenvalue weighted by Crippen LogP contribution is -2.10. The predicted octanol–water partition coefficient (Wildman–Crippen LogP) is 0.669. The number of aromatic carboxylic acids is 1. The van der Waals surface area contributed by atoms with Crippen molar-refractivity contribution in [3.8, 4) is 5.69 Å². The van der Waals surface area contributed by atoms with Crippen molar-refractivity contribution in [2.75, 3.05) is 0 Å². The second-order valence-electron chi connectivity index (χ2n) is 3.36. The van der Waals surface area contributed by atoms with Crippen LogP contribution in [0.1, 0.15) is 20.7 Å². The predicted molar refractivity (Wildman–Crippen MR) is 59.0 cm³/mol. The first kappa shape index (κ1) is 10.9. The van der Waals surface area contributed by atoms with Crippen LogP contribution in [0, 0.1) is 0 Å². The van der Waals surface area contributed by atoms with Crippen LogP contribution in [-0.4, -0.2) is 26.8 Å². The number of aromatic nitrogens is 2. The molecule has 0 fully saturated rings. The molecule has 0 radical (unpaired) electrons. The molecule has 0 aliphatic heterocycles. The summed E-state index contributed by atoms with van der Waals surface area (Å²) in [7, 11) is 0. The van der Waals surface area contributed by atoms with Crippen LogP contribution >= 0.6 is 0 Å². The molecule has 2 rings (SSSR count). The van der Waals surface area contributed by atoms with Gasteiger partial charge in [-0.25, -0.2) is 9.48 Å². The zero-order valence-corrected chi connectivity index (χ0v) is 8.70. The van der Waals surface area contributed by atoms with Gasteiger partial charge in [-0.05, 0) is 12.1 Å². The van der Waals surface area contributed by atoms with E-state index in [2.05, 4.69) is 5.10 Å². The highest BCUT2D eigenvalue weighted by molar-refractivity contribution is 5.93. The van der Waals surface area contributed by atoms with E-state index < -0.39 is 11.9 Å². The molecule has 0 saturated heterocycles. The van der Waals surface area contributed by atoms with Gasteiger partial charge in [-0.3, -0.25) is 4.79 Å². The summed E-state index contributed by atoms with van der Waals surface area (Å²) in [5, 5.41) is 12.9. The maximum atomic E-state index is 11.0. The molecule has 0 unspecified atom stereocenters. The number of rotatable bonds is 3. The quantitative estimate of drug-likeness (QED) is 0.810. The fourth-order valence-corrected chi connectivity index (χ4v) is 1.44. The minimum Gasteiger partial charge on any atom is -0.478 e. The van der Waals surface area contributed by atoms with Crippen molar-refractivity contribution in [1.82, 2.24) is 9.78 Å². The fraction of sp³-hybridized carbons (Fsp3) is 0. The van der Waals surface area contributed by atoms with Crippen molar-refractivity contribution in [2.45, 2.75) is 0 Å². The number of carboxylic acid groups (broad SMARTS) is 1. The molecule has 0 aliphatic rings. The number of primary amides is 1.